The Hall–Kier alpha value is -2.55. The highest BCUT2D eigenvalue weighted by Gasteiger charge is 2.22. The largest absolute Gasteiger partial charge is 0.409 e. The molecular weight excluding hydrogens is 282 g/mol. The Kier molecular flexibility index (Phi) is 3.61. The number of hydrogen-bond acceptors (Lipinski definition) is 5. The van der Waals surface area contributed by atoms with Crippen molar-refractivity contribution in [2.24, 2.45) is 10.9 Å². The predicted molar refractivity (Wildman–Crippen MR) is 73.1 cm³/mol. The third kappa shape index (κ3) is 2.43. The lowest BCUT2D eigenvalue weighted by molar-refractivity contribution is 0.318. The topological polar surface area (TPSA) is 125 Å². The predicted octanol–water partition coefficient (Wildman–Crippen LogP) is 0.329. The number of nitrogens with two attached hydrogens (primary N) is 1. The van der Waals surface area contributed by atoms with Crippen molar-refractivity contribution in [3.63, 3.8) is 0 Å². The van der Waals surface area contributed by atoms with Gasteiger partial charge in [-0.15, -0.1) is 0 Å². The smallest absolute Gasteiger partial charge is 0.267 e. The quantitative estimate of drug-likeness (QED) is 0.324. The average Bonchev–Trinajstić information content (AvgIpc) is 3.00. The van der Waals surface area contributed by atoms with Crippen LogP contribution in [0.25, 0.3) is 0 Å². The van der Waals surface area contributed by atoms with Crippen LogP contribution in [0.3, 0.4) is 0 Å². The second-order valence-corrected chi connectivity index (χ2v) is 5.91. The molecule has 20 heavy (non-hydrogen) atoms. The molecule has 0 unspecified atom stereocenters. The summed E-state index contributed by atoms with van der Waals surface area (Å²) in [7, 11) is -2.29. The summed E-state index contributed by atoms with van der Waals surface area (Å²) in [5, 5.41) is 17.6. The molecule has 0 saturated heterocycles. The average molecular weight is 295 g/mol. The molecule has 0 aliphatic rings. The van der Waals surface area contributed by atoms with E-state index in [-0.39, 0.29) is 10.7 Å². The minimum Gasteiger partial charge on any atom is -0.409 e. The van der Waals surface area contributed by atoms with E-state index in [1.807, 2.05) is 0 Å². The van der Waals surface area contributed by atoms with Gasteiger partial charge in [-0.3, -0.25) is 9.40 Å². The number of aromatic nitrogens is 2. The summed E-state index contributed by atoms with van der Waals surface area (Å²) in [5.41, 5.74) is 6.28. The van der Waals surface area contributed by atoms with Crippen molar-refractivity contribution in [2.75, 3.05) is 11.4 Å². The van der Waals surface area contributed by atoms with Crippen molar-refractivity contribution >= 4 is 21.5 Å². The molecule has 0 aliphatic carbocycles. The lowest BCUT2D eigenvalue weighted by atomic mass is 10.2. The number of benzene rings is 1. The van der Waals surface area contributed by atoms with Crippen molar-refractivity contribution in [1.82, 2.24) is 10.2 Å². The molecule has 0 saturated carbocycles. The molecule has 9 heteroatoms. The third-order valence-corrected chi connectivity index (χ3v) is 4.50. The Morgan fingerprint density at radius 2 is 2.25 bits per heavy atom. The number of sulfonamides is 1. The van der Waals surface area contributed by atoms with Crippen molar-refractivity contribution in [3.8, 4) is 0 Å². The molecule has 2 rings (SSSR count). The molecule has 0 amide bonds. The molecule has 0 aliphatic heterocycles. The van der Waals surface area contributed by atoms with Gasteiger partial charge in [0.15, 0.2) is 5.84 Å². The number of hydrogen-bond donors (Lipinski definition) is 3. The second kappa shape index (κ2) is 5.21. The molecule has 8 nitrogen and oxygen atoms in total. The zero-order valence-corrected chi connectivity index (χ0v) is 11.4. The zero-order chi connectivity index (χ0) is 14.8. The Bertz CT molecular complexity index is 724. The summed E-state index contributed by atoms with van der Waals surface area (Å²) >= 11 is 0. The molecule has 4 N–H and O–H groups in total. The van der Waals surface area contributed by atoms with Crippen molar-refractivity contribution in [3.05, 3.63) is 42.2 Å². The Morgan fingerprint density at radius 3 is 2.85 bits per heavy atom. The number of oxime groups is 1. The monoisotopic (exact) mass is 295 g/mol. The first kappa shape index (κ1) is 13.9. The van der Waals surface area contributed by atoms with Gasteiger partial charge in [0, 0.05) is 18.8 Å². The zero-order valence-electron chi connectivity index (χ0n) is 10.6. The third-order valence-electron chi connectivity index (χ3n) is 2.74. The Labute approximate surface area is 115 Å². The van der Waals surface area contributed by atoms with Gasteiger partial charge in [-0.25, -0.2) is 8.42 Å². The van der Waals surface area contributed by atoms with Crippen LogP contribution >= 0.6 is 0 Å². The lowest BCUT2D eigenvalue weighted by Gasteiger charge is -2.18. The van der Waals surface area contributed by atoms with Crippen LogP contribution < -0.4 is 10.0 Å². The Balaban J connectivity index is 2.42. The van der Waals surface area contributed by atoms with Crippen LogP contribution in [0.5, 0.6) is 0 Å². The molecule has 2 aromatic rings. The summed E-state index contributed by atoms with van der Waals surface area (Å²) in [5.74, 6) is -0.0963. The molecular formula is C11H13N5O3S. The summed E-state index contributed by atoms with van der Waals surface area (Å²) in [4.78, 5) is 0.0502. The normalized spacial score (nSPS) is 12.3. The van der Waals surface area contributed by atoms with Crippen LogP contribution in [0, 0.1) is 0 Å². The van der Waals surface area contributed by atoms with E-state index in [1.54, 1.807) is 18.2 Å². The van der Waals surface area contributed by atoms with Crippen molar-refractivity contribution < 1.29 is 13.6 Å². The van der Waals surface area contributed by atoms with Crippen LogP contribution in [-0.2, 0) is 10.0 Å². The number of nitrogens with zero attached hydrogens (tertiary/aromatic N) is 3. The molecule has 0 atom stereocenters. The first-order valence-electron chi connectivity index (χ1n) is 5.52. The first-order valence-corrected chi connectivity index (χ1v) is 6.96. The molecule has 1 aromatic carbocycles. The van der Waals surface area contributed by atoms with Crippen LogP contribution in [0.2, 0.25) is 0 Å². The van der Waals surface area contributed by atoms with Gasteiger partial charge in [0.25, 0.3) is 10.0 Å². The van der Waals surface area contributed by atoms with Gasteiger partial charge in [-0.1, -0.05) is 17.3 Å². The minimum atomic E-state index is -3.70. The maximum atomic E-state index is 12.3. The van der Waals surface area contributed by atoms with E-state index in [2.05, 4.69) is 15.4 Å². The fourth-order valence-corrected chi connectivity index (χ4v) is 2.69. The highest BCUT2D eigenvalue weighted by molar-refractivity contribution is 7.92. The maximum Gasteiger partial charge on any atom is 0.267 e. The maximum absolute atomic E-state index is 12.3. The van der Waals surface area contributed by atoms with Gasteiger partial charge < -0.3 is 10.9 Å². The van der Waals surface area contributed by atoms with E-state index in [0.717, 1.165) is 4.31 Å². The summed E-state index contributed by atoms with van der Waals surface area (Å²) in [6.45, 7) is 0. The van der Waals surface area contributed by atoms with Crippen LogP contribution in [0.1, 0.15) is 5.56 Å². The fourth-order valence-electron chi connectivity index (χ4n) is 1.60. The SMILES string of the molecule is CN(c1cccc(C(N)=NO)c1)S(=O)(=O)c1cn[nH]c1. The summed E-state index contributed by atoms with van der Waals surface area (Å²) in [6.07, 6.45) is 2.51. The highest BCUT2D eigenvalue weighted by Crippen LogP contribution is 2.22. The van der Waals surface area contributed by atoms with E-state index in [9.17, 15) is 8.42 Å². The second-order valence-electron chi connectivity index (χ2n) is 3.94. The van der Waals surface area contributed by atoms with Crippen LogP contribution in [-0.4, -0.2) is 36.7 Å². The van der Waals surface area contributed by atoms with Gasteiger partial charge in [0.1, 0.15) is 4.90 Å². The van der Waals surface area contributed by atoms with Gasteiger partial charge in [-0.2, -0.15) is 5.10 Å². The van der Waals surface area contributed by atoms with Gasteiger partial charge in [0.05, 0.1) is 11.9 Å². The van der Waals surface area contributed by atoms with Crippen LogP contribution in [0.4, 0.5) is 5.69 Å². The molecule has 0 radical (unpaired) electrons. The van der Waals surface area contributed by atoms with E-state index in [0.29, 0.717) is 11.3 Å². The highest BCUT2D eigenvalue weighted by atomic mass is 32.2. The lowest BCUT2D eigenvalue weighted by Crippen LogP contribution is -2.26. The number of aromatic amines is 1. The van der Waals surface area contributed by atoms with Crippen LogP contribution in [0.15, 0.2) is 46.7 Å². The van der Waals surface area contributed by atoms with E-state index >= 15 is 0 Å². The molecule has 0 bridgehead atoms. The number of nitrogens with one attached hydrogen (secondary N) is 1. The first-order chi connectivity index (χ1) is 9.46. The minimum absolute atomic E-state index is 0.0502. The van der Waals surface area contributed by atoms with Crippen molar-refractivity contribution in [1.29, 1.82) is 0 Å². The number of rotatable bonds is 4. The Morgan fingerprint density at radius 1 is 1.50 bits per heavy atom. The summed E-state index contributed by atoms with van der Waals surface area (Å²) < 4.78 is 25.7. The van der Waals surface area contributed by atoms with Gasteiger partial charge in [0.2, 0.25) is 0 Å². The van der Waals surface area contributed by atoms with Gasteiger partial charge >= 0.3 is 0 Å². The number of anilines is 1. The van der Waals surface area contributed by atoms with E-state index < -0.39 is 10.0 Å². The molecule has 0 fully saturated rings. The fraction of sp³-hybridized carbons (Fsp3) is 0.0909. The van der Waals surface area contributed by atoms with Crippen molar-refractivity contribution in [2.45, 2.75) is 4.90 Å². The molecule has 106 valence electrons. The summed E-state index contributed by atoms with van der Waals surface area (Å²) in [6, 6.07) is 6.33. The van der Waals surface area contributed by atoms with Gasteiger partial charge in [-0.05, 0) is 12.1 Å². The molecule has 1 aromatic heterocycles. The standard InChI is InChI=1S/C11H13N5O3S/c1-16(20(18,19)10-6-13-14-7-10)9-4-2-3-8(5-9)11(12)15-17/h2-7,17H,1H3,(H2,12,15)(H,13,14). The van der Waals surface area contributed by atoms with E-state index in [4.69, 9.17) is 10.9 Å². The molecule has 0 spiro atoms. The van der Waals surface area contributed by atoms with E-state index in [1.165, 1.54) is 25.5 Å². The molecule has 1 heterocycles. The number of H-pyrrole nitrogens is 1. The number of amidine groups is 1.